The zero-order valence-electron chi connectivity index (χ0n) is 9.20. The van der Waals surface area contributed by atoms with Crippen molar-refractivity contribution >= 4 is 17.6 Å². The SMILES string of the molecule is CC1Cc2c(Cl)cc(C(=O)O)nc2CN1C. The van der Waals surface area contributed by atoms with E-state index in [0.717, 1.165) is 17.7 Å². The Balaban J connectivity index is 2.48. The van der Waals surface area contributed by atoms with Gasteiger partial charge in [-0.2, -0.15) is 0 Å². The van der Waals surface area contributed by atoms with Crippen molar-refractivity contribution in [3.63, 3.8) is 0 Å². The molecule has 0 saturated carbocycles. The second kappa shape index (κ2) is 4.03. The molecule has 1 aromatic rings. The molecule has 1 aliphatic heterocycles. The molecule has 0 fully saturated rings. The number of nitrogens with zero attached hydrogens (tertiary/aromatic N) is 2. The zero-order valence-corrected chi connectivity index (χ0v) is 9.95. The molecule has 16 heavy (non-hydrogen) atoms. The summed E-state index contributed by atoms with van der Waals surface area (Å²) in [6.07, 6.45) is 0.817. The number of carboxylic acid groups (broad SMARTS) is 1. The number of carbonyl (C=O) groups is 1. The minimum Gasteiger partial charge on any atom is -0.477 e. The van der Waals surface area contributed by atoms with Gasteiger partial charge in [0.1, 0.15) is 5.69 Å². The fourth-order valence-corrected chi connectivity index (χ4v) is 2.18. The third-order valence-corrected chi connectivity index (χ3v) is 3.36. The molecule has 5 heteroatoms. The summed E-state index contributed by atoms with van der Waals surface area (Å²) >= 11 is 6.08. The van der Waals surface area contributed by atoms with Crippen LogP contribution in [0.2, 0.25) is 5.02 Å². The summed E-state index contributed by atoms with van der Waals surface area (Å²) in [6, 6.07) is 1.84. The van der Waals surface area contributed by atoms with Gasteiger partial charge in [-0.1, -0.05) is 11.6 Å². The van der Waals surface area contributed by atoms with Crippen LogP contribution in [0.1, 0.15) is 28.7 Å². The van der Waals surface area contributed by atoms with Crippen LogP contribution in [0, 0.1) is 0 Å². The van der Waals surface area contributed by atoms with Gasteiger partial charge in [0.25, 0.3) is 0 Å². The summed E-state index contributed by atoms with van der Waals surface area (Å²) in [5.74, 6) is -1.04. The van der Waals surface area contributed by atoms with Crippen molar-refractivity contribution in [2.24, 2.45) is 0 Å². The quantitative estimate of drug-likeness (QED) is 0.814. The minimum absolute atomic E-state index is 0.0201. The summed E-state index contributed by atoms with van der Waals surface area (Å²) < 4.78 is 0. The van der Waals surface area contributed by atoms with Crippen LogP contribution in [-0.2, 0) is 13.0 Å². The Bertz CT molecular complexity index is 448. The van der Waals surface area contributed by atoms with E-state index in [4.69, 9.17) is 16.7 Å². The molecular formula is C11H13ClN2O2. The number of carboxylic acids is 1. The number of likely N-dealkylation sites (N-methyl/N-ethyl adjacent to an activating group) is 1. The van der Waals surface area contributed by atoms with Crippen molar-refractivity contribution in [1.29, 1.82) is 0 Å². The van der Waals surface area contributed by atoms with Gasteiger partial charge >= 0.3 is 5.97 Å². The number of hydrogen-bond acceptors (Lipinski definition) is 3. The lowest BCUT2D eigenvalue weighted by Crippen LogP contribution is -2.36. The fraction of sp³-hybridized carbons (Fsp3) is 0.455. The highest BCUT2D eigenvalue weighted by Crippen LogP contribution is 2.27. The smallest absolute Gasteiger partial charge is 0.354 e. The first kappa shape index (κ1) is 11.4. The predicted molar refractivity (Wildman–Crippen MR) is 60.8 cm³/mol. The van der Waals surface area contributed by atoms with Gasteiger partial charge in [-0.3, -0.25) is 4.90 Å². The standard InChI is InChI=1S/C11H13ClN2O2/c1-6-3-7-8(12)4-9(11(15)16)13-10(7)5-14(6)2/h4,6H,3,5H2,1-2H3,(H,15,16). The lowest BCUT2D eigenvalue weighted by Gasteiger charge is -2.31. The van der Waals surface area contributed by atoms with E-state index in [2.05, 4.69) is 16.8 Å². The minimum atomic E-state index is -1.04. The number of halogens is 1. The summed E-state index contributed by atoms with van der Waals surface area (Å²) in [7, 11) is 2.00. The van der Waals surface area contributed by atoms with Crippen LogP contribution in [-0.4, -0.2) is 34.0 Å². The van der Waals surface area contributed by atoms with Crippen molar-refractivity contribution in [2.45, 2.75) is 25.9 Å². The number of fused-ring (bicyclic) bond motifs is 1. The molecule has 2 rings (SSSR count). The number of pyridine rings is 1. The Morgan fingerprint density at radius 1 is 1.69 bits per heavy atom. The molecule has 0 aliphatic carbocycles. The van der Waals surface area contributed by atoms with Gasteiger partial charge in [-0.05, 0) is 32.0 Å². The average Bonchev–Trinajstić information content (AvgIpc) is 2.20. The molecule has 4 nitrogen and oxygen atoms in total. The molecule has 0 radical (unpaired) electrons. The molecule has 0 amide bonds. The van der Waals surface area contributed by atoms with E-state index in [-0.39, 0.29) is 5.69 Å². The maximum atomic E-state index is 10.9. The molecule has 86 valence electrons. The van der Waals surface area contributed by atoms with Crippen molar-refractivity contribution in [3.8, 4) is 0 Å². The highest BCUT2D eigenvalue weighted by Gasteiger charge is 2.24. The van der Waals surface area contributed by atoms with E-state index in [1.807, 2.05) is 7.05 Å². The summed E-state index contributed by atoms with van der Waals surface area (Å²) in [5.41, 5.74) is 1.79. The van der Waals surface area contributed by atoms with Crippen LogP contribution in [0.3, 0.4) is 0 Å². The normalized spacial score (nSPS) is 20.6. The number of aromatic nitrogens is 1. The molecular weight excluding hydrogens is 228 g/mol. The van der Waals surface area contributed by atoms with Crippen LogP contribution in [0.5, 0.6) is 0 Å². The van der Waals surface area contributed by atoms with Gasteiger partial charge in [-0.25, -0.2) is 9.78 Å². The monoisotopic (exact) mass is 240 g/mol. The molecule has 1 unspecified atom stereocenters. The average molecular weight is 241 g/mol. The van der Waals surface area contributed by atoms with E-state index in [1.165, 1.54) is 6.07 Å². The van der Waals surface area contributed by atoms with Crippen molar-refractivity contribution in [1.82, 2.24) is 9.88 Å². The maximum absolute atomic E-state index is 10.9. The lowest BCUT2D eigenvalue weighted by atomic mass is 9.99. The highest BCUT2D eigenvalue weighted by molar-refractivity contribution is 6.31. The van der Waals surface area contributed by atoms with E-state index in [0.29, 0.717) is 17.6 Å². The van der Waals surface area contributed by atoms with Gasteiger partial charge in [0, 0.05) is 17.6 Å². The summed E-state index contributed by atoms with van der Waals surface area (Å²) in [4.78, 5) is 17.1. The van der Waals surface area contributed by atoms with Crippen LogP contribution in [0.25, 0.3) is 0 Å². The van der Waals surface area contributed by atoms with Gasteiger partial charge in [0.15, 0.2) is 0 Å². The number of rotatable bonds is 1. The highest BCUT2D eigenvalue weighted by atomic mass is 35.5. The van der Waals surface area contributed by atoms with Gasteiger partial charge in [0.05, 0.1) is 5.69 Å². The molecule has 0 bridgehead atoms. The van der Waals surface area contributed by atoms with Gasteiger partial charge in [0.2, 0.25) is 0 Å². The largest absolute Gasteiger partial charge is 0.477 e. The maximum Gasteiger partial charge on any atom is 0.354 e. The second-order valence-electron chi connectivity index (χ2n) is 4.19. The Kier molecular flexibility index (Phi) is 2.86. The van der Waals surface area contributed by atoms with Crippen LogP contribution in [0.4, 0.5) is 0 Å². The van der Waals surface area contributed by atoms with Crippen LogP contribution in [0.15, 0.2) is 6.07 Å². The second-order valence-corrected chi connectivity index (χ2v) is 4.60. The topological polar surface area (TPSA) is 53.4 Å². The molecule has 0 spiro atoms. The first-order valence-electron chi connectivity index (χ1n) is 5.11. The van der Waals surface area contributed by atoms with Crippen LogP contribution >= 0.6 is 11.6 Å². The molecule has 0 aromatic carbocycles. The molecule has 1 atom stereocenters. The van der Waals surface area contributed by atoms with Gasteiger partial charge in [-0.15, -0.1) is 0 Å². The van der Waals surface area contributed by atoms with E-state index >= 15 is 0 Å². The summed E-state index contributed by atoms with van der Waals surface area (Å²) in [5, 5.41) is 9.41. The van der Waals surface area contributed by atoms with Gasteiger partial charge < -0.3 is 5.11 Å². The first-order chi connectivity index (χ1) is 7.49. The molecule has 1 N–H and O–H groups in total. The number of hydrogen-bond donors (Lipinski definition) is 1. The van der Waals surface area contributed by atoms with E-state index < -0.39 is 5.97 Å². The Labute approximate surface area is 98.9 Å². The third-order valence-electron chi connectivity index (χ3n) is 3.03. The molecule has 0 saturated heterocycles. The van der Waals surface area contributed by atoms with Crippen LogP contribution < -0.4 is 0 Å². The van der Waals surface area contributed by atoms with Crippen molar-refractivity contribution in [2.75, 3.05) is 7.05 Å². The fourth-order valence-electron chi connectivity index (χ4n) is 1.89. The Morgan fingerprint density at radius 2 is 2.38 bits per heavy atom. The first-order valence-corrected chi connectivity index (χ1v) is 5.48. The Hall–Kier alpha value is -1.13. The van der Waals surface area contributed by atoms with E-state index in [1.54, 1.807) is 0 Å². The molecule has 2 heterocycles. The lowest BCUT2D eigenvalue weighted by molar-refractivity contribution is 0.0689. The number of aromatic carboxylic acids is 1. The third kappa shape index (κ3) is 1.90. The van der Waals surface area contributed by atoms with Crippen molar-refractivity contribution < 1.29 is 9.90 Å². The molecule has 1 aromatic heterocycles. The predicted octanol–water partition coefficient (Wildman–Crippen LogP) is 1.81. The molecule has 1 aliphatic rings. The Morgan fingerprint density at radius 3 is 3.00 bits per heavy atom. The zero-order chi connectivity index (χ0) is 11.9. The summed E-state index contributed by atoms with van der Waals surface area (Å²) in [6.45, 7) is 2.77. The van der Waals surface area contributed by atoms with E-state index in [9.17, 15) is 4.79 Å². The van der Waals surface area contributed by atoms with Crippen molar-refractivity contribution in [3.05, 3.63) is 28.0 Å².